The number of pyridine rings is 1. The maximum atomic E-state index is 12.7. The molecular weight excluding hydrogens is 304 g/mol. The second-order valence-corrected chi connectivity index (χ2v) is 6.41. The highest BCUT2D eigenvalue weighted by Gasteiger charge is 2.22. The van der Waals surface area contributed by atoms with E-state index in [4.69, 9.17) is 5.73 Å². The molecule has 7 heteroatoms. The lowest BCUT2D eigenvalue weighted by Crippen LogP contribution is -2.19. The quantitative estimate of drug-likeness (QED) is 0.754. The van der Waals surface area contributed by atoms with Crippen molar-refractivity contribution in [3.8, 4) is 11.5 Å². The zero-order valence-corrected chi connectivity index (χ0v) is 13.6. The van der Waals surface area contributed by atoms with Gasteiger partial charge in [-0.2, -0.15) is 5.10 Å². The lowest BCUT2D eigenvalue weighted by Gasteiger charge is -2.22. The molecule has 1 saturated carbocycles. The number of fused-ring (bicyclic) bond motifs is 1. The molecule has 0 amide bonds. The first-order valence-corrected chi connectivity index (χ1v) is 8.34. The zero-order chi connectivity index (χ0) is 16.7. The van der Waals surface area contributed by atoms with Gasteiger partial charge in [0.1, 0.15) is 11.2 Å². The number of aromatic nitrogens is 5. The van der Waals surface area contributed by atoms with Crippen molar-refractivity contribution in [1.82, 2.24) is 24.7 Å². The van der Waals surface area contributed by atoms with Crippen LogP contribution in [0.5, 0.6) is 0 Å². The molecular formula is C17H20N6O. The summed E-state index contributed by atoms with van der Waals surface area (Å²) in [7, 11) is 0. The fourth-order valence-corrected chi connectivity index (χ4v) is 3.45. The Hall–Kier alpha value is -2.70. The van der Waals surface area contributed by atoms with Gasteiger partial charge in [-0.15, -0.1) is 0 Å². The molecule has 0 atom stereocenters. The second kappa shape index (κ2) is 5.74. The Kier molecular flexibility index (Phi) is 3.55. The van der Waals surface area contributed by atoms with Crippen LogP contribution in [0.15, 0.2) is 23.1 Å². The van der Waals surface area contributed by atoms with Crippen LogP contribution in [-0.2, 0) is 0 Å². The van der Waals surface area contributed by atoms with Crippen molar-refractivity contribution in [3.05, 3.63) is 34.4 Å². The van der Waals surface area contributed by atoms with Crippen LogP contribution >= 0.6 is 0 Å². The van der Waals surface area contributed by atoms with E-state index in [-0.39, 0.29) is 5.56 Å². The predicted octanol–water partition coefficient (Wildman–Crippen LogP) is 2.58. The summed E-state index contributed by atoms with van der Waals surface area (Å²) < 4.78 is 1.88. The molecule has 1 aliphatic rings. The van der Waals surface area contributed by atoms with Crippen LogP contribution in [0, 0.1) is 6.92 Å². The Morgan fingerprint density at radius 1 is 1.25 bits per heavy atom. The van der Waals surface area contributed by atoms with Crippen LogP contribution in [0.2, 0.25) is 0 Å². The lowest BCUT2D eigenvalue weighted by molar-refractivity contribution is 0.336. The van der Waals surface area contributed by atoms with E-state index < -0.39 is 0 Å². The summed E-state index contributed by atoms with van der Waals surface area (Å²) in [4.78, 5) is 24.4. The Morgan fingerprint density at radius 3 is 2.75 bits per heavy atom. The van der Waals surface area contributed by atoms with E-state index in [9.17, 15) is 4.79 Å². The summed E-state index contributed by atoms with van der Waals surface area (Å²) in [5.41, 5.74) is 8.66. The van der Waals surface area contributed by atoms with Gasteiger partial charge in [0.05, 0.1) is 23.6 Å². The largest absolute Gasteiger partial charge is 0.397 e. The van der Waals surface area contributed by atoms with Crippen LogP contribution in [0.1, 0.15) is 43.8 Å². The van der Waals surface area contributed by atoms with Gasteiger partial charge in [-0.05, 0) is 31.9 Å². The van der Waals surface area contributed by atoms with Crippen molar-refractivity contribution < 1.29 is 0 Å². The Bertz CT molecular complexity index is 934. The van der Waals surface area contributed by atoms with Gasteiger partial charge >= 0.3 is 0 Å². The van der Waals surface area contributed by atoms with Gasteiger partial charge in [0.15, 0.2) is 11.3 Å². The summed E-state index contributed by atoms with van der Waals surface area (Å²) in [5.74, 6) is 0.443. The van der Waals surface area contributed by atoms with Crippen LogP contribution < -0.4 is 11.3 Å². The number of hydrogen-bond acceptors (Lipinski definition) is 5. The third-order valence-electron chi connectivity index (χ3n) is 4.67. The summed E-state index contributed by atoms with van der Waals surface area (Å²) in [6.45, 7) is 1.90. The maximum Gasteiger partial charge on any atom is 0.277 e. The standard InChI is InChI=1S/C17H20N6O/c1-10-14-15(23(22-10)12-5-3-2-4-6-12)17(24)21-16(20-14)13-8-7-11(18)9-19-13/h7-9,12H,2-6,18H2,1H3,(H,20,21,24). The summed E-state index contributed by atoms with van der Waals surface area (Å²) in [6, 6.07) is 3.78. The van der Waals surface area contributed by atoms with Gasteiger partial charge in [0, 0.05) is 0 Å². The molecule has 1 fully saturated rings. The Balaban J connectivity index is 1.86. The molecule has 3 N–H and O–H groups in total. The van der Waals surface area contributed by atoms with E-state index in [1.165, 1.54) is 19.3 Å². The minimum Gasteiger partial charge on any atom is -0.397 e. The molecule has 1 aliphatic carbocycles. The minimum atomic E-state index is -0.167. The number of nitrogens with two attached hydrogens (primary N) is 1. The van der Waals surface area contributed by atoms with Gasteiger partial charge in [-0.25, -0.2) is 4.98 Å². The fourth-order valence-electron chi connectivity index (χ4n) is 3.45. The average Bonchev–Trinajstić information content (AvgIpc) is 2.94. The number of rotatable bonds is 2. The van der Waals surface area contributed by atoms with Crippen molar-refractivity contribution in [2.45, 2.75) is 45.1 Å². The van der Waals surface area contributed by atoms with Gasteiger partial charge in [0.25, 0.3) is 5.56 Å². The average molecular weight is 324 g/mol. The minimum absolute atomic E-state index is 0.167. The third-order valence-corrected chi connectivity index (χ3v) is 4.67. The van der Waals surface area contributed by atoms with Crippen molar-refractivity contribution in [2.75, 3.05) is 5.73 Å². The molecule has 3 heterocycles. The van der Waals surface area contributed by atoms with Crippen molar-refractivity contribution in [2.24, 2.45) is 0 Å². The molecule has 0 saturated heterocycles. The number of nitrogens with one attached hydrogen (secondary N) is 1. The molecule has 3 aromatic heterocycles. The number of aromatic amines is 1. The van der Waals surface area contributed by atoms with Gasteiger partial charge in [-0.1, -0.05) is 19.3 Å². The van der Waals surface area contributed by atoms with E-state index in [1.807, 2.05) is 11.6 Å². The van der Waals surface area contributed by atoms with E-state index in [0.29, 0.717) is 34.3 Å². The number of H-pyrrole nitrogens is 1. The highest BCUT2D eigenvalue weighted by molar-refractivity contribution is 5.78. The summed E-state index contributed by atoms with van der Waals surface area (Å²) >= 11 is 0. The molecule has 0 aliphatic heterocycles. The van der Waals surface area contributed by atoms with Crippen LogP contribution in [-0.4, -0.2) is 24.7 Å². The van der Waals surface area contributed by atoms with Crippen LogP contribution in [0.3, 0.4) is 0 Å². The van der Waals surface area contributed by atoms with Gasteiger partial charge in [0.2, 0.25) is 0 Å². The van der Waals surface area contributed by atoms with Gasteiger partial charge in [-0.3, -0.25) is 14.5 Å². The van der Waals surface area contributed by atoms with E-state index in [0.717, 1.165) is 18.5 Å². The first-order chi connectivity index (χ1) is 11.6. The molecule has 4 rings (SSSR count). The first-order valence-electron chi connectivity index (χ1n) is 8.34. The number of nitrogen functional groups attached to an aromatic ring is 1. The molecule has 0 radical (unpaired) electrons. The topological polar surface area (TPSA) is 102 Å². The third kappa shape index (κ3) is 2.46. The molecule has 0 spiro atoms. The SMILES string of the molecule is Cc1nn(C2CCCCC2)c2c(=O)[nH]c(-c3ccc(N)cn3)nc12. The van der Waals surface area contributed by atoms with Crippen molar-refractivity contribution in [1.29, 1.82) is 0 Å². The van der Waals surface area contributed by atoms with Gasteiger partial charge < -0.3 is 10.7 Å². The predicted molar refractivity (Wildman–Crippen MR) is 92.7 cm³/mol. The molecule has 24 heavy (non-hydrogen) atoms. The van der Waals surface area contributed by atoms with Crippen molar-refractivity contribution >= 4 is 16.7 Å². The van der Waals surface area contributed by atoms with Crippen LogP contribution in [0.25, 0.3) is 22.6 Å². The Morgan fingerprint density at radius 2 is 2.04 bits per heavy atom. The fraction of sp³-hybridized carbons (Fsp3) is 0.412. The molecule has 0 unspecified atom stereocenters. The summed E-state index contributed by atoms with van der Waals surface area (Å²) in [6.07, 6.45) is 7.32. The molecule has 3 aromatic rings. The Labute approximate surface area is 138 Å². The highest BCUT2D eigenvalue weighted by Crippen LogP contribution is 2.30. The van der Waals surface area contributed by atoms with E-state index in [1.54, 1.807) is 18.3 Å². The first kappa shape index (κ1) is 14.9. The molecule has 0 bridgehead atoms. The number of aryl methyl sites for hydroxylation is 1. The molecule has 0 aromatic carbocycles. The lowest BCUT2D eigenvalue weighted by atomic mass is 9.95. The number of anilines is 1. The van der Waals surface area contributed by atoms with E-state index in [2.05, 4.69) is 20.1 Å². The molecule has 124 valence electrons. The van der Waals surface area contributed by atoms with Crippen molar-refractivity contribution in [3.63, 3.8) is 0 Å². The zero-order valence-electron chi connectivity index (χ0n) is 13.6. The monoisotopic (exact) mass is 324 g/mol. The van der Waals surface area contributed by atoms with E-state index >= 15 is 0 Å². The number of hydrogen-bond donors (Lipinski definition) is 2. The number of nitrogens with zero attached hydrogens (tertiary/aromatic N) is 4. The highest BCUT2D eigenvalue weighted by atomic mass is 16.1. The van der Waals surface area contributed by atoms with Crippen LogP contribution in [0.4, 0.5) is 5.69 Å². The normalized spacial score (nSPS) is 15.9. The molecule has 7 nitrogen and oxygen atoms in total. The maximum absolute atomic E-state index is 12.7. The summed E-state index contributed by atoms with van der Waals surface area (Å²) in [5, 5.41) is 4.62. The smallest absolute Gasteiger partial charge is 0.277 e. The second-order valence-electron chi connectivity index (χ2n) is 6.41.